The minimum Gasteiger partial charge on any atom is -0.493 e. The number of aromatic amines is 1. The fourth-order valence-electron chi connectivity index (χ4n) is 3.07. The molecule has 1 aromatic carbocycles. The molecule has 0 radical (unpaired) electrons. The number of carbonyl (C=O) groups is 3. The number of aromatic hydroxyl groups is 1. The molecule has 162 valence electrons. The van der Waals surface area contributed by atoms with Crippen molar-refractivity contribution in [3.63, 3.8) is 0 Å². The average molecular weight is 431 g/mol. The molecular weight excluding hydrogens is 413 g/mol. The molecule has 0 saturated carbocycles. The molecule has 31 heavy (non-hydrogen) atoms. The first kappa shape index (κ1) is 21.5. The Bertz CT molecular complexity index is 1180. The van der Waals surface area contributed by atoms with Crippen LogP contribution in [0.2, 0.25) is 0 Å². The number of hydrogen-bond acceptors (Lipinski definition) is 7. The number of fused-ring (bicyclic) bond motifs is 1. The van der Waals surface area contributed by atoms with Gasteiger partial charge >= 0.3 is 11.9 Å². The predicted octanol–water partition coefficient (Wildman–Crippen LogP) is 1.02. The van der Waals surface area contributed by atoms with E-state index in [4.69, 9.17) is 15.9 Å². The van der Waals surface area contributed by atoms with Gasteiger partial charge in [0.2, 0.25) is 11.8 Å². The average Bonchev–Trinajstić information content (AvgIpc) is 3.07. The Hall–Kier alpha value is -4.22. The third-order valence-corrected chi connectivity index (χ3v) is 4.53. The maximum absolute atomic E-state index is 14.5. The van der Waals surface area contributed by atoms with Gasteiger partial charge in [0.1, 0.15) is 17.5 Å². The highest BCUT2D eigenvalue weighted by atomic mass is 19.1. The normalized spacial score (nSPS) is 11.9. The van der Waals surface area contributed by atoms with E-state index in [0.29, 0.717) is 22.2 Å². The minimum atomic E-state index is -1.47. The maximum Gasteiger partial charge on any atom is 0.326 e. The lowest BCUT2D eigenvalue weighted by molar-refractivity contribution is -0.140. The van der Waals surface area contributed by atoms with Crippen LogP contribution >= 0.6 is 0 Å². The molecule has 11 nitrogen and oxygen atoms in total. The van der Waals surface area contributed by atoms with Gasteiger partial charge in [-0.2, -0.15) is 9.97 Å². The Labute approximate surface area is 173 Å². The SMILES string of the molecule is Nc1nc(O)c2c(Cc3ccc(C(=O)N[C@@H](CCC(=O)O)C(=O)O)c(F)c3)c[nH]c2n1. The van der Waals surface area contributed by atoms with Gasteiger partial charge in [0.15, 0.2) is 0 Å². The molecule has 12 heteroatoms. The lowest BCUT2D eigenvalue weighted by atomic mass is 10.0. The Morgan fingerprint density at radius 1 is 1.23 bits per heavy atom. The van der Waals surface area contributed by atoms with E-state index >= 15 is 0 Å². The van der Waals surface area contributed by atoms with Gasteiger partial charge in [0.05, 0.1) is 10.9 Å². The molecule has 0 spiro atoms. The molecule has 2 heterocycles. The number of amides is 1. The summed E-state index contributed by atoms with van der Waals surface area (Å²) in [5.74, 6) is -4.93. The van der Waals surface area contributed by atoms with Crippen molar-refractivity contribution in [2.45, 2.75) is 25.3 Å². The lowest BCUT2D eigenvalue weighted by Crippen LogP contribution is -2.41. The number of carboxylic acid groups (broad SMARTS) is 2. The first-order chi connectivity index (χ1) is 14.7. The number of nitrogens with two attached hydrogens (primary N) is 1. The van der Waals surface area contributed by atoms with Gasteiger partial charge in [0.25, 0.3) is 5.91 Å². The minimum absolute atomic E-state index is 0.108. The van der Waals surface area contributed by atoms with Crippen LogP contribution < -0.4 is 11.1 Å². The number of nitrogen functional groups attached to an aromatic ring is 1. The molecule has 1 atom stereocenters. The lowest BCUT2D eigenvalue weighted by Gasteiger charge is -2.14. The van der Waals surface area contributed by atoms with Crippen LogP contribution in [0.5, 0.6) is 5.88 Å². The molecule has 1 amide bonds. The van der Waals surface area contributed by atoms with Crippen molar-refractivity contribution in [1.29, 1.82) is 0 Å². The van der Waals surface area contributed by atoms with Crippen molar-refractivity contribution in [1.82, 2.24) is 20.3 Å². The van der Waals surface area contributed by atoms with Crippen LogP contribution in [0.1, 0.15) is 34.3 Å². The number of hydrogen-bond donors (Lipinski definition) is 6. The Balaban J connectivity index is 1.78. The molecule has 0 aliphatic heterocycles. The number of carbonyl (C=O) groups excluding carboxylic acids is 1. The predicted molar refractivity (Wildman–Crippen MR) is 105 cm³/mol. The van der Waals surface area contributed by atoms with E-state index < -0.39 is 36.1 Å². The van der Waals surface area contributed by atoms with E-state index in [1.165, 1.54) is 12.1 Å². The second-order valence-electron chi connectivity index (χ2n) is 6.73. The zero-order valence-electron chi connectivity index (χ0n) is 15.9. The van der Waals surface area contributed by atoms with Crippen LogP contribution in [0.3, 0.4) is 0 Å². The van der Waals surface area contributed by atoms with E-state index in [1.807, 2.05) is 0 Å². The van der Waals surface area contributed by atoms with E-state index in [9.17, 15) is 23.9 Å². The molecule has 3 rings (SSSR count). The van der Waals surface area contributed by atoms with Crippen molar-refractivity contribution in [2.75, 3.05) is 5.73 Å². The Morgan fingerprint density at radius 2 is 1.97 bits per heavy atom. The summed E-state index contributed by atoms with van der Waals surface area (Å²) >= 11 is 0. The highest BCUT2D eigenvalue weighted by Crippen LogP contribution is 2.27. The molecule has 3 aromatic rings. The summed E-state index contributed by atoms with van der Waals surface area (Å²) < 4.78 is 14.5. The number of nitrogens with zero attached hydrogens (tertiary/aromatic N) is 2. The second-order valence-corrected chi connectivity index (χ2v) is 6.73. The van der Waals surface area contributed by atoms with Crippen LogP contribution in [0, 0.1) is 5.82 Å². The second kappa shape index (κ2) is 8.65. The van der Waals surface area contributed by atoms with E-state index in [2.05, 4.69) is 20.3 Å². The standard InChI is InChI=1S/C19H18FN5O6/c20-11-6-8(5-9-7-22-15-14(9)17(29)25-19(21)24-15)1-2-10(11)16(28)23-12(18(30)31)3-4-13(26)27/h1-2,6-7,12H,3-5H2,(H,23,28)(H,26,27)(H,30,31)(H4,21,22,24,25,29)/t12-/m0/s1. The highest BCUT2D eigenvalue weighted by molar-refractivity contribution is 5.97. The molecule has 7 N–H and O–H groups in total. The summed E-state index contributed by atoms with van der Waals surface area (Å²) in [6, 6.07) is 2.30. The number of carboxylic acids is 2. The molecule has 2 aromatic heterocycles. The zero-order valence-corrected chi connectivity index (χ0v) is 15.9. The van der Waals surface area contributed by atoms with Crippen LogP contribution in [-0.4, -0.2) is 54.2 Å². The summed E-state index contributed by atoms with van der Waals surface area (Å²) in [6.07, 6.45) is 0.936. The fourth-order valence-corrected chi connectivity index (χ4v) is 3.07. The third-order valence-electron chi connectivity index (χ3n) is 4.53. The molecule has 0 fully saturated rings. The molecule has 0 unspecified atom stereocenters. The third kappa shape index (κ3) is 4.86. The number of aromatic nitrogens is 3. The molecule has 0 aliphatic carbocycles. The van der Waals surface area contributed by atoms with Crippen molar-refractivity contribution < 1.29 is 34.1 Å². The number of anilines is 1. The van der Waals surface area contributed by atoms with Gasteiger partial charge in [-0.15, -0.1) is 0 Å². The van der Waals surface area contributed by atoms with Gasteiger partial charge in [0, 0.05) is 12.6 Å². The van der Waals surface area contributed by atoms with Crippen molar-refractivity contribution in [2.24, 2.45) is 0 Å². The summed E-state index contributed by atoms with van der Waals surface area (Å²) in [6.45, 7) is 0. The van der Waals surface area contributed by atoms with E-state index in [1.54, 1.807) is 6.20 Å². The smallest absolute Gasteiger partial charge is 0.326 e. The van der Waals surface area contributed by atoms with Gasteiger partial charge in [-0.25, -0.2) is 9.18 Å². The first-order valence-electron chi connectivity index (χ1n) is 9.02. The van der Waals surface area contributed by atoms with Crippen LogP contribution in [0.4, 0.5) is 10.3 Å². The number of H-pyrrole nitrogens is 1. The molecule has 0 aliphatic rings. The summed E-state index contributed by atoms with van der Waals surface area (Å²) in [5.41, 5.74) is 6.45. The van der Waals surface area contributed by atoms with E-state index in [0.717, 1.165) is 6.07 Å². The summed E-state index contributed by atoms with van der Waals surface area (Å²) in [4.78, 5) is 44.6. The Kier molecular flexibility index (Phi) is 6.00. The van der Waals surface area contributed by atoms with Crippen molar-refractivity contribution in [3.05, 3.63) is 46.9 Å². The van der Waals surface area contributed by atoms with Gasteiger partial charge in [-0.3, -0.25) is 9.59 Å². The number of rotatable bonds is 8. The molecule has 0 saturated heterocycles. The van der Waals surface area contributed by atoms with Crippen LogP contribution in [0.15, 0.2) is 24.4 Å². The molecule has 0 bridgehead atoms. The van der Waals surface area contributed by atoms with Crippen LogP contribution in [-0.2, 0) is 16.0 Å². The number of halogens is 1. The largest absolute Gasteiger partial charge is 0.493 e. The Morgan fingerprint density at radius 3 is 2.61 bits per heavy atom. The number of aliphatic carboxylic acids is 2. The van der Waals surface area contributed by atoms with Gasteiger partial charge in [-0.05, 0) is 36.1 Å². The topological polar surface area (TPSA) is 192 Å². The number of nitrogens with one attached hydrogen (secondary N) is 2. The summed E-state index contributed by atoms with van der Waals surface area (Å²) in [7, 11) is 0. The van der Waals surface area contributed by atoms with Crippen LogP contribution in [0.25, 0.3) is 11.0 Å². The first-order valence-corrected chi connectivity index (χ1v) is 9.02. The van der Waals surface area contributed by atoms with Crippen molar-refractivity contribution in [3.8, 4) is 5.88 Å². The quantitative estimate of drug-likeness (QED) is 0.302. The summed E-state index contributed by atoms with van der Waals surface area (Å²) in [5, 5.41) is 30.3. The zero-order chi connectivity index (χ0) is 22.7. The highest BCUT2D eigenvalue weighted by Gasteiger charge is 2.23. The fraction of sp³-hybridized carbons (Fsp3) is 0.211. The van der Waals surface area contributed by atoms with Crippen molar-refractivity contribution >= 4 is 34.8 Å². The van der Waals surface area contributed by atoms with E-state index in [-0.39, 0.29) is 30.2 Å². The molecular formula is C19H18FN5O6. The maximum atomic E-state index is 14.5. The van der Waals surface area contributed by atoms with Gasteiger partial charge in [-0.1, -0.05) is 6.07 Å². The monoisotopic (exact) mass is 431 g/mol. The van der Waals surface area contributed by atoms with Gasteiger partial charge < -0.3 is 31.4 Å². The number of benzene rings is 1.